The number of esters is 1. The van der Waals surface area contributed by atoms with Crippen LogP contribution < -0.4 is 0 Å². The maximum atomic E-state index is 12.3. The van der Waals surface area contributed by atoms with Gasteiger partial charge in [-0.1, -0.05) is 0 Å². The Hall–Kier alpha value is -1.04. The second-order valence-electron chi connectivity index (χ2n) is 2.61. The van der Waals surface area contributed by atoms with Crippen LogP contribution in [-0.2, 0) is 4.74 Å². The summed E-state index contributed by atoms with van der Waals surface area (Å²) in [6.45, 7) is 1.83. The molecule has 0 fully saturated rings. The average Bonchev–Trinajstić information content (AvgIpc) is 2.18. The maximum absolute atomic E-state index is 12.3. The highest BCUT2D eigenvalue weighted by Gasteiger charge is 2.16. The minimum absolute atomic E-state index is 0.0575. The third-order valence-corrected chi connectivity index (χ3v) is 2.23. The zero-order valence-electron chi connectivity index (χ0n) is 7.84. The van der Waals surface area contributed by atoms with Gasteiger partial charge < -0.3 is 4.74 Å². The summed E-state index contributed by atoms with van der Waals surface area (Å²) in [5.41, 5.74) is -0.386. The van der Waals surface area contributed by atoms with Crippen molar-refractivity contribution in [2.45, 2.75) is 13.3 Å². The number of hydrogen-bond donors (Lipinski definition) is 0. The molecule has 1 rings (SSSR count). The molecular formula is C9H8BrF2NO2. The summed E-state index contributed by atoms with van der Waals surface area (Å²) in [6, 6.07) is 1.02. The predicted octanol–water partition coefficient (Wildman–Crippen LogP) is 2.96. The van der Waals surface area contributed by atoms with E-state index in [4.69, 9.17) is 4.74 Å². The van der Waals surface area contributed by atoms with Crippen molar-refractivity contribution in [1.29, 1.82) is 0 Å². The zero-order chi connectivity index (χ0) is 11.4. The summed E-state index contributed by atoms with van der Waals surface area (Å²) in [7, 11) is 0. The molecule has 82 valence electrons. The topological polar surface area (TPSA) is 39.2 Å². The fourth-order valence-electron chi connectivity index (χ4n) is 0.939. The smallest absolute Gasteiger partial charge is 0.339 e. The van der Waals surface area contributed by atoms with E-state index in [-0.39, 0.29) is 12.2 Å². The molecule has 0 bridgehead atoms. The van der Waals surface area contributed by atoms with E-state index in [1.54, 1.807) is 6.92 Å². The number of pyridine rings is 1. The molecule has 0 amide bonds. The standard InChI is InChI=1S/C9H8BrF2NO2/c1-2-15-9(14)5-3-7(8(11)12)13-4-6(5)10/h3-4,8H,2H2,1H3. The van der Waals surface area contributed by atoms with Gasteiger partial charge in [0.25, 0.3) is 6.43 Å². The Morgan fingerprint density at radius 2 is 2.33 bits per heavy atom. The van der Waals surface area contributed by atoms with Crippen molar-refractivity contribution in [2.75, 3.05) is 6.61 Å². The van der Waals surface area contributed by atoms with Crippen LogP contribution in [0.3, 0.4) is 0 Å². The second kappa shape index (κ2) is 5.16. The first-order valence-electron chi connectivity index (χ1n) is 4.17. The van der Waals surface area contributed by atoms with Gasteiger partial charge in [-0.3, -0.25) is 4.98 Å². The molecule has 1 heterocycles. The molecule has 0 atom stereocenters. The Labute approximate surface area is 93.6 Å². The van der Waals surface area contributed by atoms with Gasteiger partial charge in [0, 0.05) is 6.20 Å². The average molecular weight is 280 g/mol. The monoisotopic (exact) mass is 279 g/mol. The number of carbonyl (C=O) groups is 1. The Balaban J connectivity index is 3.05. The molecular weight excluding hydrogens is 272 g/mol. The van der Waals surface area contributed by atoms with E-state index in [0.717, 1.165) is 12.3 Å². The number of aromatic nitrogens is 1. The van der Waals surface area contributed by atoms with Crippen molar-refractivity contribution in [3.8, 4) is 0 Å². The lowest BCUT2D eigenvalue weighted by atomic mass is 10.2. The fraction of sp³-hybridized carbons (Fsp3) is 0.333. The van der Waals surface area contributed by atoms with Crippen molar-refractivity contribution in [2.24, 2.45) is 0 Å². The Morgan fingerprint density at radius 3 is 2.87 bits per heavy atom. The molecule has 0 saturated carbocycles. The van der Waals surface area contributed by atoms with E-state index in [0.29, 0.717) is 4.47 Å². The molecule has 0 unspecified atom stereocenters. The lowest BCUT2D eigenvalue weighted by molar-refractivity contribution is 0.0524. The van der Waals surface area contributed by atoms with Crippen molar-refractivity contribution in [3.63, 3.8) is 0 Å². The van der Waals surface area contributed by atoms with Crippen molar-refractivity contribution in [1.82, 2.24) is 4.98 Å². The first-order valence-corrected chi connectivity index (χ1v) is 4.96. The Morgan fingerprint density at radius 1 is 1.67 bits per heavy atom. The van der Waals surface area contributed by atoms with Crippen LogP contribution in [0.2, 0.25) is 0 Å². The summed E-state index contributed by atoms with van der Waals surface area (Å²) < 4.78 is 29.6. The van der Waals surface area contributed by atoms with E-state index in [1.165, 1.54) is 0 Å². The van der Waals surface area contributed by atoms with Crippen molar-refractivity contribution >= 4 is 21.9 Å². The molecule has 0 aromatic carbocycles. The van der Waals surface area contributed by atoms with Gasteiger partial charge in [-0.15, -0.1) is 0 Å². The van der Waals surface area contributed by atoms with Crippen LogP contribution in [0.15, 0.2) is 16.7 Å². The molecule has 6 heteroatoms. The predicted molar refractivity (Wildman–Crippen MR) is 52.9 cm³/mol. The molecule has 3 nitrogen and oxygen atoms in total. The number of nitrogens with zero attached hydrogens (tertiary/aromatic N) is 1. The van der Waals surface area contributed by atoms with Crippen LogP contribution in [0, 0.1) is 0 Å². The highest BCUT2D eigenvalue weighted by atomic mass is 79.9. The number of rotatable bonds is 3. The third kappa shape index (κ3) is 2.95. The second-order valence-corrected chi connectivity index (χ2v) is 3.46. The highest BCUT2D eigenvalue weighted by molar-refractivity contribution is 9.10. The normalized spacial score (nSPS) is 10.5. The Bertz CT molecular complexity index is 371. The van der Waals surface area contributed by atoms with E-state index in [9.17, 15) is 13.6 Å². The summed E-state index contributed by atoms with van der Waals surface area (Å²) in [5.74, 6) is -0.645. The molecule has 0 N–H and O–H groups in total. The number of halogens is 3. The molecule has 0 spiro atoms. The summed E-state index contributed by atoms with van der Waals surface area (Å²) >= 11 is 3.04. The SMILES string of the molecule is CCOC(=O)c1cc(C(F)F)ncc1Br. The van der Waals surface area contributed by atoms with Crippen LogP contribution in [0.4, 0.5) is 8.78 Å². The van der Waals surface area contributed by atoms with Gasteiger partial charge in [0.1, 0.15) is 5.69 Å². The van der Waals surface area contributed by atoms with Crippen LogP contribution in [-0.4, -0.2) is 17.6 Å². The molecule has 15 heavy (non-hydrogen) atoms. The number of hydrogen-bond acceptors (Lipinski definition) is 3. The quantitative estimate of drug-likeness (QED) is 0.799. The molecule has 0 saturated heterocycles. The van der Waals surface area contributed by atoms with Crippen molar-refractivity contribution < 1.29 is 18.3 Å². The van der Waals surface area contributed by atoms with E-state index >= 15 is 0 Å². The van der Waals surface area contributed by atoms with Crippen molar-refractivity contribution in [3.05, 3.63) is 28.0 Å². The molecule has 0 aliphatic carbocycles. The number of carbonyl (C=O) groups excluding carboxylic acids is 1. The fourth-order valence-corrected chi connectivity index (χ4v) is 1.32. The van der Waals surface area contributed by atoms with Gasteiger partial charge in [-0.2, -0.15) is 0 Å². The van der Waals surface area contributed by atoms with Gasteiger partial charge in [0.05, 0.1) is 16.6 Å². The summed E-state index contributed by atoms with van der Waals surface area (Å²) in [5, 5.41) is 0. The van der Waals surface area contributed by atoms with E-state index in [2.05, 4.69) is 20.9 Å². The molecule has 0 aliphatic heterocycles. The molecule has 0 radical (unpaired) electrons. The van der Waals surface area contributed by atoms with Crippen LogP contribution in [0.1, 0.15) is 29.4 Å². The lowest BCUT2D eigenvalue weighted by Gasteiger charge is -2.05. The first kappa shape index (κ1) is 12.0. The van der Waals surface area contributed by atoms with Crippen LogP contribution >= 0.6 is 15.9 Å². The van der Waals surface area contributed by atoms with Crippen LogP contribution in [0.25, 0.3) is 0 Å². The van der Waals surface area contributed by atoms with Gasteiger partial charge in [-0.05, 0) is 28.9 Å². The minimum atomic E-state index is -2.70. The lowest BCUT2D eigenvalue weighted by Crippen LogP contribution is -2.07. The molecule has 0 aliphatic rings. The van der Waals surface area contributed by atoms with E-state index in [1.807, 2.05) is 0 Å². The van der Waals surface area contributed by atoms with Gasteiger partial charge in [0.2, 0.25) is 0 Å². The number of ether oxygens (including phenoxy) is 1. The first-order chi connectivity index (χ1) is 7.06. The number of alkyl halides is 2. The molecule has 1 aromatic rings. The highest BCUT2D eigenvalue weighted by Crippen LogP contribution is 2.22. The van der Waals surface area contributed by atoms with Gasteiger partial charge in [0.15, 0.2) is 0 Å². The largest absolute Gasteiger partial charge is 0.462 e. The van der Waals surface area contributed by atoms with Crippen LogP contribution in [0.5, 0.6) is 0 Å². The van der Waals surface area contributed by atoms with Gasteiger partial charge >= 0.3 is 5.97 Å². The zero-order valence-corrected chi connectivity index (χ0v) is 9.42. The summed E-state index contributed by atoms with van der Waals surface area (Å²) in [6.07, 6.45) is -1.54. The molecule has 1 aromatic heterocycles. The maximum Gasteiger partial charge on any atom is 0.339 e. The third-order valence-electron chi connectivity index (χ3n) is 1.60. The summed E-state index contributed by atoms with van der Waals surface area (Å²) in [4.78, 5) is 14.8. The van der Waals surface area contributed by atoms with E-state index < -0.39 is 18.1 Å². The minimum Gasteiger partial charge on any atom is -0.462 e. The van der Waals surface area contributed by atoms with Gasteiger partial charge in [-0.25, -0.2) is 13.6 Å². The Kier molecular flexibility index (Phi) is 4.14.